The summed E-state index contributed by atoms with van der Waals surface area (Å²) in [5.74, 6) is 1.17. The molecule has 0 aromatic heterocycles. The first kappa shape index (κ1) is 23.6. The van der Waals surface area contributed by atoms with Gasteiger partial charge in [0, 0.05) is 36.8 Å². The number of nitrogens with one attached hydrogen (secondary N) is 2. The number of anilines is 1. The van der Waals surface area contributed by atoms with Crippen LogP contribution in [0.2, 0.25) is 0 Å². The van der Waals surface area contributed by atoms with Crippen LogP contribution in [-0.4, -0.2) is 42.7 Å². The van der Waals surface area contributed by atoms with Gasteiger partial charge in [0.15, 0.2) is 0 Å². The highest BCUT2D eigenvalue weighted by molar-refractivity contribution is 5.71. The molecule has 4 nitrogen and oxygen atoms in total. The zero-order valence-electron chi connectivity index (χ0n) is 21.9. The van der Waals surface area contributed by atoms with E-state index < -0.39 is 0 Å². The van der Waals surface area contributed by atoms with Gasteiger partial charge in [-0.1, -0.05) is 60.7 Å². The van der Waals surface area contributed by atoms with E-state index in [0.717, 1.165) is 51.9 Å². The van der Waals surface area contributed by atoms with Gasteiger partial charge in [0.25, 0.3) is 0 Å². The minimum atomic E-state index is -0.149. The standard InChI is InChI=1S/C32H39N3O/c1-22-28-20-32(3,36-31(28)23(2)27-14-17-33-29(22)27)21-35-18-15-26(16-19-35)34-30(24-10-6-4-7-11-24)25-12-8-5-9-13-25/h4-13,26,30,33-34H,14-21H2,1-3H3. The second kappa shape index (κ2) is 9.57. The largest absolute Gasteiger partial charge is 0.485 e. The summed E-state index contributed by atoms with van der Waals surface area (Å²) in [4.78, 5) is 2.63. The van der Waals surface area contributed by atoms with Crippen LogP contribution in [0.15, 0.2) is 60.7 Å². The predicted molar refractivity (Wildman–Crippen MR) is 148 cm³/mol. The van der Waals surface area contributed by atoms with E-state index in [0.29, 0.717) is 6.04 Å². The molecule has 0 radical (unpaired) electrons. The Hall–Kier alpha value is -2.82. The molecule has 0 bridgehead atoms. The molecule has 188 valence electrons. The summed E-state index contributed by atoms with van der Waals surface area (Å²) in [5, 5.41) is 7.62. The van der Waals surface area contributed by atoms with Crippen molar-refractivity contribution < 1.29 is 4.74 Å². The molecule has 3 aliphatic heterocycles. The third-order valence-corrected chi connectivity index (χ3v) is 8.59. The molecular formula is C32H39N3O. The van der Waals surface area contributed by atoms with Crippen molar-refractivity contribution in [1.82, 2.24) is 10.2 Å². The molecular weight excluding hydrogens is 442 g/mol. The summed E-state index contributed by atoms with van der Waals surface area (Å²) in [7, 11) is 0. The van der Waals surface area contributed by atoms with E-state index in [2.05, 4.69) is 97.0 Å². The average Bonchev–Trinajstić information content (AvgIpc) is 3.54. The molecule has 6 rings (SSSR count). The molecule has 3 heterocycles. The summed E-state index contributed by atoms with van der Waals surface area (Å²) in [6.45, 7) is 11.1. The molecule has 1 fully saturated rings. The molecule has 3 aromatic carbocycles. The van der Waals surface area contributed by atoms with Crippen molar-refractivity contribution in [1.29, 1.82) is 0 Å². The Morgan fingerprint density at radius 1 is 0.944 bits per heavy atom. The van der Waals surface area contributed by atoms with Gasteiger partial charge in [-0.15, -0.1) is 0 Å². The Balaban J connectivity index is 1.10. The van der Waals surface area contributed by atoms with Gasteiger partial charge in [0.1, 0.15) is 11.4 Å². The van der Waals surface area contributed by atoms with Gasteiger partial charge in [-0.25, -0.2) is 0 Å². The van der Waals surface area contributed by atoms with Crippen molar-refractivity contribution in [3.8, 4) is 5.75 Å². The zero-order valence-corrected chi connectivity index (χ0v) is 21.9. The molecule has 1 saturated heterocycles. The number of rotatable bonds is 6. The highest BCUT2D eigenvalue weighted by Crippen LogP contribution is 2.46. The van der Waals surface area contributed by atoms with Crippen LogP contribution in [0.1, 0.15) is 59.2 Å². The van der Waals surface area contributed by atoms with Crippen LogP contribution in [0.5, 0.6) is 5.75 Å². The molecule has 0 aliphatic carbocycles. The zero-order chi connectivity index (χ0) is 24.7. The second-order valence-electron chi connectivity index (χ2n) is 11.3. The summed E-state index contributed by atoms with van der Waals surface area (Å²) in [5.41, 5.74) is 9.55. The van der Waals surface area contributed by atoms with Gasteiger partial charge >= 0.3 is 0 Å². The fourth-order valence-corrected chi connectivity index (χ4v) is 6.70. The SMILES string of the molecule is Cc1c2c(c(C)c3c1NCC3)OC(C)(CN1CCC(NC(c3ccccc3)c3ccccc3)CC1)C2. The Kier molecular flexibility index (Phi) is 6.27. The molecule has 0 amide bonds. The first-order valence-corrected chi connectivity index (χ1v) is 13.7. The Morgan fingerprint density at radius 3 is 2.22 bits per heavy atom. The van der Waals surface area contributed by atoms with E-state index in [-0.39, 0.29) is 11.6 Å². The van der Waals surface area contributed by atoms with Crippen LogP contribution in [0.3, 0.4) is 0 Å². The van der Waals surface area contributed by atoms with Crippen LogP contribution in [0, 0.1) is 13.8 Å². The van der Waals surface area contributed by atoms with Crippen molar-refractivity contribution in [3.05, 3.63) is 94.0 Å². The second-order valence-corrected chi connectivity index (χ2v) is 11.3. The van der Waals surface area contributed by atoms with E-state index in [1.807, 2.05) is 0 Å². The number of piperidine rings is 1. The van der Waals surface area contributed by atoms with Gasteiger partial charge in [0.05, 0.1) is 6.04 Å². The van der Waals surface area contributed by atoms with Crippen molar-refractivity contribution >= 4 is 5.69 Å². The molecule has 3 aliphatic rings. The monoisotopic (exact) mass is 481 g/mol. The number of hydrogen-bond donors (Lipinski definition) is 2. The van der Waals surface area contributed by atoms with E-state index in [4.69, 9.17) is 4.74 Å². The maximum absolute atomic E-state index is 6.76. The summed E-state index contributed by atoms with van der Waals surface area (Å²) < 4.78 is 6.76. The molecule has 0 spiro atoms. The molecule has 3 aromatic rings. The lowest BCUT2D eigenvalue weighted by molar-refractivity contribution is 0.0501. The van der Waals surface area contributed by atoms with Gasteiger partial charge in [-0.3, -0.25) is 4.90 Å². The lowest BCUT2D eigenvalue weighted by atomic mass is 9.91. The van der Waals surface area contributed by atoms with Crippen molar-refractivity contribution in [3.63, 3.8) is 0 Å². The predicted octanol–water partition coefficient (Wildman–Crippen LogP) is 5.81. The molecule has 36 heavy (non-hydrogen) atoms. The molecule has 0 saturated carbocycles. The molecule has 4 heteroatoms. The van der Waals surface area contributed by atoms with Crippen molar-refractivity contribution in [2.75, 3.05) is 31.5 Å². The first-order valence-electron chi connectivity index (χ1n) is 13.7. The fourth-order valence-electron chi connectivity index (χ4n) is 6.70. The minimum Gasteiger partial charge on any atom is -0.485 e. The third-order valence-electron chi connectivity index (χ3n) is 8.59. The minimum absolute atomic E-state index is 0.149. The van der Waals surface area contributed by atoms with Crippen molar-refractivity contribution in [2.24, 2.45) is 0 Å². The fraction of sp³-hybridized carbons (Fsp3) is 0.438. The highest BCUT2D eigenvalue weighted by Gasteiger charge is 2.40. The van der Waals surface area contributed by atoms with Crippen LogP contribution in [-0.2, 0) is 12.8 Å². The lowest BCUT2D eigenvalue weighted by Crippen LogP contribution is -2.50. The average molecular weight is 482 g/mol. The summed E-state index contributed by atoms with van der Waals surface area (Å²) in [6.07, 6.45) is 4.44. The quantitative estimate of drug-likeness (QED) is 0.466. The molecule has 1 unspecified atom stereocenters. The first-order chi connectivity index (χ1) is 17.5. The van der Waals surface area contributed by atoms with Gasteiger partial charge < -0.3 is 15.4 Å². The van der Waals surface area contributed by atoms with Crippen LogP contribution in [0.25, 0.3) is 0 Å². The maximum Gasteiger partial charge on any atom is 0.127 e. The van der Waals surface area contributed by atoms with E-state index in [1.165, 1.54) is 44.8 Å². The molecule has 1 atom stereocenters. The number of fused-ring (bicyclic) bond motifs is 2. The van der Waals surface area contributed by atoms with E-state index >= 15 is 0 Å². The summed E-state index contributed by atoms with van der Waals surface area (Å²) >= 11 is 0. The topological polar surface area (TPSA) is 36.5 Å². The normalized spacial score (nSPS) is 21.8. The van der Waals surface area contributed by atoms with Crippen LogP contribution in [0.4, 0.5) is 5.69 Å². The summed E-state index contributed by atoms with van der Waals surface area (Å²) in [6, 6.07) is 22.5. The Bertz CT molecular complexity index is 1140. The number of likely N-dealkylation sites (tertiary alicyclic amines) is 1. The van der Waals surface area contributed by atoms with E-state index in [9.17, 15) is 0 Å². The Labute approximate surface area is 216 Å². The third kappa shape index (κ3) is 4.42. The van der Waals surface area contributed by atoms with Gasteiger partial charge in [-0.05, 0) is 80.9 Å². The number of ether oxygens (including phenoxy) is 1. The van der Waals surface area contributed by atoms with Crippen LogP contribution >= 0.6 is 0 Å². The van der Waals surface area contributed by atoms with Gasteiger partial charge in [-0.2, -0.15) is 0 Å². The number of benzene rings is 3. The lowest BCUT2D eigenvalue weighted by Gasteiger charge is -2.38. The van der Waals surface area contributed by atoms with Crippen molar-refractivity contribution in [2.45, 2.75) is 64.1 Å². The number of nitrogens with zero attached hydrogens (tertiary/aromatic N) is 1. The highest BCUT2D eigenvalue weighted by atomic mass is 16.5. The van der Waals surface area contributed by atoms with Gasteiger partial charge in [0.2, 0.25) is 0 Å². The smallest absolute Gasteiger partial charge is 0.127 e. The van der Waals surface area contributed by atoms with E-state index in [1.54, 1.807) is 0 Å². The maximum atomic E-state index is 6.76. The number of hydrogen-bond acceptors (Lipinski definition) is 4. The van der Waals surface area contributed by atoms with Crippen LogP contribution < -0.4 is 15.4 Å². The Morgan fingerprint density at radius 2 is 1.58 bits per heavy atom. The molecule has 2 N–H and O–H groups in total.